The summed E-state index contributed by atoms with van der Waals surface area (Å²) in [5.74, 6) is 1.00. The second kappa shape index (κ2) is 9.12. The molecule has 1 amide bonds. The number of amides is 1. The molecule has 6 nitrogen and oxygen atoms in total. The summed E-state index contributed by atoms with van der Waals surface area (Å²) in [5, 5.41) is 2.84. The standard InChI is InChI=1S/C24H25FN4O2/c1-16-5-9-20(10-6-16)31-24-22(26-11-12-27-24)29-13-3-4-18(15-29)23(30)28-19-8-7-17(2)21(25)14-19/h5-12,14,18H,3-4,13,15H2,1-2H3,(H,28,30)/t18-/m0/s1. The maximum absolute atomic E-state index is 13.8. The maximum Gasteiger partial charge on any atom is 0.263 e. The molecule has 1 aromatic heterocycles. The van der Waals surface area contributed by atoms with E-state index in [-0.39, 0.29) is 17.6 Å². The molecule has 0 radical (unpaired) electrons. The fraction of sp³-hybridized carbons (Fsp3) is 0.292. The third-order valence-corrected chi connectivity index (χ3v) is 5.41. The predicted octanol–water partition coefficient (Wildman–Crippen LogP) is 4.88. The highest BCUT2D eigenvalue weighted by molar-refractivity contribution is 5.93. The van der Waals surface area contributed by atoms with E-state index in [0.29, 0.717) is 35.2 Å². The second-order valence-corrected chi connectivity index (χ2v) is 7.84. The summed E-state index contributed by atoms with van der Waals surface area (Å²) in [7, 11) is 0. The average molecular weight is 420 g/mol. The number of aromatic nitrogens is 2. The van der Waals surface area contributed by atoms with E-state index in [2.05, 4.69) is 15.3 Å². The Morgan fingerprint density at radius 1 is 1.13 bits per heavy atom. The van der Waals surface area contributed by atoms with Crippen molar-refractivity contribution >= 4 is 17.4 Å². The largest absolute Gasteiger partial charge is 0.436 e. The fourth-order valence-corrected chi connectivity index (χ4v) is 3.62. The Morgan fingerprint density at radius 3 is 2.68 bits per heavy atom. The Bertz CT molecular complexity index is 1070. The first-order chi connectivity index (χ1) is 15.0. The molecule has 0 saturated carbocycles. The van der Waals surface area contributed by atoms with Crippen LogP contribution in [0, 0.1) is 25.6 Å². The van der Waals surface area contributed by atoms with Crippen LogP contribution >= 0.6 is 0 Å². The first kappa shape index (κ1) is 20.8. The molecule has 1 saturated heterocycles. The summed E-state index contributed by atoms with van der Waals surface area (Å²) < 4.78 is 19.8. The lowest BCUT2D eigenvalue weighted by Gasteiger charge is -2.33. The first-order valence-corrected chi connectivity index (χ1v) is 10.4. The van der Waals surface area contributed by atoms with Crippen LogP contribution in [0.15, 0.2) is 54.9 Å². The van der Waals surface area contributed by atoms with Gasteiger partial charge in [0.15, 0.2) is 5.82 Å². The van der Waals surface area contributed by atoms with Crippen LogP contribution < -0.4 is 15.0 Å². The van der Waals surface area contributed by atoms with Crippen molar-refractivity contribution in [3.05, 3.63) is 71.8 Å². The molecule has 2 aromatic carbocycles. The van der Waals surface area contributed by atoms with Crippen LogP contribution in [0.2, 0.25) is 0 Å². The van der Waals surface area contributed by atoms with Gasteiger partial charge in [-0.05, 0) is 56.5 Å². The summed E-state index contributed by atoms with van der Waals surface area (Å²) in [6.45, 7) is 4.95. The molecule has 0 unspecified atom stereocenters. The lowest BCUT2D eigenvalue weighted by atomic mass is 9.97. The number of halogens is 1. The minimum absolute atomic E-state index is 0.127. The molecule has 4 rings (SSSR count). The van der Waals surface area contributed by atoms with Crippen molar-refractivity contribution in [2.75, 3.05) is 23.3 Å². The van der Waals surface area contributed by atoms with E-state index in [1.807, 2.05) is 36.1 Å². The zero-order chi connectivity index (χ0) is 21.8. The molecule has 1 aliphatic heterocycles. The normalized spacial score (nSPS) is 16.1. The summed E-state index contributed by atoms with van der Waals surface area (Å²) >= 11 is 0. The minimum atomic E-state index is -0.333. The number of piperidine rings is 1. The highest BCUT2D eigenvalue weighted by Crippen LogP contribution is 2.31. The molecule has 1 fully saturated rings. The number of ether oxygens (including phenoxy) is 1. The summed E-state index contributed by atoms with van der Waals surface area (Å²) in [5.41, 5.74) is 2.16. The minimum Gasteiger partial charge on any atom is -0.436 e. The summed E-state index contributed by atoms with van der Waals surface area (Å²) in [4.78, 5) is 23.7. The monoisotopic (exact) mass is 420 g/mol. The van der Waals surface area contributed by atoms with E-state index in [9.17, 15) is 9.18 Å². The van der Waals surface area contributed by atoms with Gasteiger partial charge in [0.05, 0.1) is 5.92 Å². The average Bonchev–Trinajstić information content (AvgIpc) is 2.78. The van der Waals surface area contributed by atoms with Gasteiger partial charge in [-0.15, -0.1) is 0 Å². The number of hydrogen-bond acceptors (Lipinski definition) is 5. The number of aryl methyl sites for hydroxylation is 2. The second-order valence-electron chi connectivity index (χ2n) is 7.84. The van der Waals surface area contributed by atoms with E-state index < -0.39 is 0 Å². The fourth-order valence-electron chi connectivity index (χ4n) is 3.62. The molecule has 160 valence electrons. The molecule has 1 aliphatic rings. The molecule has 7 heteroatoms. The maximum atomic E-state index is 13.8. The van der Waals surface area contributed by atoms with Crippen molar-refractivity contribution in [1.82, 2.24) is 9.97 Å². The number of carbonyl (C=O) groups is 1. The molecule has 2 heterocycles. The predicted molar refractivity (Wildman–Crippen MR) is 118 cm³/mol. The Kier molecular flexibility index (Phi) is 6.11. The quantitative estimate of drug-likeness (QED) is 0.637. The molecule has 0 spiro atoms. The molecule has 31 heavy (non-hydrogen) atoms. The number of hydrogen-bond donors (Lipinski definition) is 1. The summed E-state index contributed by atoms with van der Waals surface area (Å²) in [6.07, 6.45) is 4.80. The van der Waals surface area contributed by atoms with Crippen LogP contribution in [0.1, 0.15) is 24.0 Å². The van der Waals surface area contributed by atoms with Crippen LogP contribution in [-0.4, -0.2) is 29.0 Å². The number of nitrogens with zero attached hydrogens (tertiary/aromatic N) is 3. The van der Waals surface area contributed by atoms with E-state index >= 15 is 0 Å². The van der Waals surface area contributed by atoms with Crippen LogP contribution in [0.4, 0.5) is 15.9 Å². The third kappa shape index (κ3) is 4.99. The number of benzene rings is 2. The molecule has 0 aliphatic carbocycles. The van der Waals surface area contributed by atoms with Gasteiger partial charge in [0.1, 0.15) is 11.6 Å². The lowest BCUT2D eigenvalue weighted by molar-refractivity contribution is -0.120. The Labute approximate surface area is 181 Å². The highest BCUT2D eigenvalue weighted by atomic mass is 19.1. The van der Waals surface area contributed by atoms with Crippen molar-refractivity contribution in [1.29, 1.82) is 0 Å². The first-order valence-electron chi connectivity index (χ1n) is 10.4. The van der Waals surface area contributed by atoms with Gasteiger partial charge in [0, 0.05) is 31.2 Å². The van der Waals surface area contributed by atoms with Crippen LogP contribution in [-0.2, 0) is 4.79 Å². The Morgan fingerprint density at radius 2 is 1.90 bits per heavy atom. The van der Waals surface area contributed by atoms with Crippen molar-refractivity contribution in [2.24, 2.45) is 5.92 Å². The van der Waals surface area contributed by atoms with Crippen molar-refractivity contribution < 1.29 is 13.9 Å². The van der Waals surface area contributed by atoms with E-state index in [4.69, 9.17) is 4.74 Å². The van der Waals surface area contributed by atoms with Crippen LogP contribution in [0.25, 0.3) is 0 Å². The van der Waals surface area contributed by atoms with E-state index in [0.717, 1.165) is 24.9 Å². The molecule has 1 N–H and O–H groups in total. The van der Waals surface area contributed by atoms with E-state index in [1.165, 1.54) is 6.07 Å². The third-order valence-electron chi connectivity index (χ3n) is 5.41. The zero-order valence-corrected chi connectivity index (χ0v) is 17.6. The summed E-state index contributed by atoms with van der Waals surface area (Å²) in [6, 6.07) is 12.5. The highest BCUT2D eigenvalue weighted by Gasteiger charge is 2.28. The van der Waals surface area contributed by atoms with Gasteiger partial charge in [-0.3, -0.25) is 4.79 Å². The van der Waals surface area contributed by atoms with E-state index in [1.54, 1.807) is 31.5 Å². The number of carbonyl (C=O) groups excluding carboxylic acids is 1. The lowest BCUT2D eigenvalue weighted by Crippen LogP contribution is -2.41. The number of anilines is 2. The van der Waals surface area contributed by atoms with Crippen molar-refractivity contribution in [2.45, 2.75) is 26.7 Å². The van der Waals surface area contributed by atoms with Gasteiger partial charge in [-0.2, -0.15) is 0 Å². The molecule has 1 atom stereocenters. The number of nitrogens with one attached hydrogen (secondary N) is 1. The van der Waals surface area contributed by atoms with Crippen LogP contribution in [0.3, 0.4) is 0 Å². The van der Waals surface area contributed by atoms with Crippen molar-refractivity contribution in [3.8, 4) is 11.6 Å². The smallest absolute Gasteiger partial charge is 0.263 e. The zero-order valence-electron chi connectivity index (χ0n) is 17.6. The molecular weight excluding hydrogens is 395 g/mol. The Hall–Kier alpha value is -3.48. The van der Waals surface area contributed by atoms with Gasteiger partial charge >= 0.3 is 0 Å². The molecule has 0 bridgehead atoms. The topological polar surface area (TPSA) is 67.4 Å². The van der Waals surface area contributed by atoms with Gasteiger partial charge in [-0.25, -0.2) is 14.4 Å². The molecular formula is C24H25FN4O2. The van der Waals surface area contributed by atoms with Gasteiger partial charge < -0.3 is 15.0 Å². The van der Waals surface area contributed by atoms with Gasteiger partial charge in [-0.1, -0.05) is 23.8 Å². The van der Waals surface area contributed by atoms with Gasteiger partial charge in [0.2, 0.25) is 5.91 Å². The van der Waals surface area contributed by atoms with Crippen LogP contribution in [0.5, 0.6) is 11.6 Å². The SMILES string of the molecule is Cc1ccc(Oc2nccnc2N2CCC[C@H](C(=O)Nc3ccc(C)c(F)c3)C2)cc1. The van der Waals surface area contributed by atoms with Gasteiger partial charge in [0.25, 0.3) is 5.88 Å². The molecule has 3 aromatic rings. The Balaban J connectivity index is 1.47. The number of rotatable bonds is 5. The van der Waals surface area contributed by atoms with Crippen molar-refractivity contribution in [3.63, 3.8) is 0 Å².